The fraction of sp³-hybridized carbons (Fsp3) is 0.423. The van der Waals surface area contributed by atoms with Crippen molar-refractivity contribution in [1.29, 1.82) is 0 Å². The number of aryl methyl sites for hydroxylation is 1. The Morgan fingerprint density at radius 2 is 1.94 bits per heavy atom. The number of rotatable bonds is 6. The number of ether oxygens (including phenoxy) is 1. The zero-order valence-corrected chi connectivity index (χ0v) is 21.2. The highest BCUT2D eigenvalue weighted by Gasteiger charge is 2.34. The lowest BCUT2D eigenvalue weighted by Gasteiger charge is -2.33. The van der Waals surface area contributed by atoms with Crippen LogP contribution >= 0.6 is 11.3 Å². The first-order chi connectivity index (χ1) is 16.2. The van der Waals surface area contributed by atoms with Crippen molar-refractivity contribution < 1.29 is 14.3 Å². The maximum Gasteiger partial charge on any atom is 0.274 e. The highest BCUT2D eigenvalue weighted by atomic mass is 32.1. The Morgan fingerprint density at radius 3 is 2.62 bits per heavy atom. The minimum Gasteiger partial charge on any atom is -0.492 e. The number of hydrogen-bond donors (Lipinski definition) is 2. The van der Waals surface area contributed by atoms with Gasteiger partial charge in [-0.2, -0.15) is 5.10 Å². The molecule has 0 radical (unpaired) electrons. The first kappa shape index (κ1) is 24.0. The second kappa shape index (κ2) is 9.62. The van der Waals surface area contributed by atoms with Crippen LogP contribution in [0.1, 0.15) is 65.4 Å². The summed E-state index contributed by atoms with van der Waals surface area (Å²) in [6, 6.07) is 9.06. The van der Waals surface area contributed by atoms with Gasteiger partial charge in [0.1, 0.15) is 16.4 Å². The number of nitrogens with zero attached hydrogens (tertiary/aromatic N) is 2. The Kier molecular flexibility index (Phi) is 6.79. The lowest BCUT2D eigenvalue weighted by atomic mass is 9.72. The first-order valence-corrected chi connectivity index (χ1v) is 12.5. The molecule has 0 saturated carbocycles. The molecule has 0 fully saturated rings. The molecule has 0 spiro atoms. The van der Waals surface area contributed by atoms with E-state index in [0.717, 1.165) is 24.8 Å². The zero-order valence-electron chi connectivity index (χ0n) is 20.4. The summed E-state index contributed by atoms with van der Waals surface area (Å²) >= 11 is 1.51. The van der Waals surface area contributed by atoms with Gasteiger partial charge >= 0.3 is 0 Å². The molecule has 2 aromatic heterocycles. The first-order valence-electron chi connectivity index (χ1n) is 11.7. The average Bonchev–Trinajstić information content (AvgIpc) is 3.37. The van der Waals surface area contributed by atoms with E-state index in [0.29, 0.717) is 40.2 Å². The lowest BCUT2D eigenvalue weighted by Crippen LogP contribution is -2.27. The monoisotopic (exact) mass is 480 g/mol. The number of thiophene rings is 1. The summed E-state index contributed by atoms with van der Waals surface area (Å²) in [5, 5.41) is 10.7. The Bertz CT molecular complexity index is 1210. The summed E-state index contributed by atoms with van der Waals surface area (Å²) in [5.74, 6) is 0.624. The molecule has 2 N–H and O–H groups in total. The van der Waals surface area contributed by atoms with E-state index in [1.54, 1.807) is 19.3 Å². The summed E-state index contributed by atoms with van der Waals surface area (Å²) in [7, 11) is 1.72. The molecule has 1 aromatic carbocycles. The fourth-order valence-electron chi connectivity index (χ4n) is 4.45. The van der Waals surface area contributed by atoms with E-state index in [9.17, 15) is 9.59 Å². The number of hydrogen-bond acceptors (Lipinski definition) is 5. The van der Waals surface area contributed by atoms with Crippen molar-refractivity contribution in [2.45, 2.75) is 47.0 Å². The molecule has 1 aliphatic carbocycles. The summed E-state index contributed by atoms with van der Waals surface area (Å²) < 4.78 is 7.21. The molecular formula is C26H32N4O3S. The molecule has 1 aliphatic rings. The largest absolute Gasteiger partial charge is 0.492 e. The summed E-state index contributed by atoms with van der Waals surface area (Å²) in [6.07, 6.45) is 4.31. The van der Waals surface area contributed by atoms with Crippen LogP contribution in [-0.4, -0.2) is 28.2 Å². The summed E-state index contributed by atoms with van der Waals surface area (Å²) in [4.78, 5) is 27.8. The molecule has 2 heterocycles. The van der Waals surface area contributed by atoms with Gasteiger partial charge in [-0.15, -0.1) is 11.3 Å². The van der Waals surface area contributed by atoms with Gasteiger partial charge in [0.05, 0.1) is 17.9 Å². The summed E-state index contributed by atoms with van der Waals surface area (Å²) in [6.45, 7) is 9.20. The standard InChI is InChI=1S/C26H32N4O3S/c1-6-33-20-10-8-7-9-18(20)28-24(32)22-17-12-11-16(26(2,3)4)15-21(17)34-25(22)29-23(31)19-13-14-27-30(19)5/h7-10,13-14,16H,6,11-12,15H2,1-5H3,(H,28,32)(H,29,31). The van der Waals surface area contributed by atoms with Crippen LogP contribution in [-0.2, 0) is 19.9 Å². The van der Waals surface area contributed by atoms with Crippen LogP contribution in [0.15, 0.2) is 36.5 Å². The van der Waals surface area contributed by atoms with Crippen LogP contribution in [0.5, 0.6) is 5.75 Å². The number of benzene rings is 1. The molecule has 0 bridgehead atoms. The van der Waals surface area contributed by atoms with Crippen LogP contribution < -0.4 is 15.4 Å². The van der Waals surface area contributed by atoms with Gasteiger partial charge in [-0.05, 0) is 61.3 Å². The minimum atomic E-state index is -0.283. The van der Waals surface area contributed by atoms with Crippen LogP contribution in [0.4, 0.5) is 10.7 Å². The topological polar surface area (TPSA) is 85.2 Å². The third-order valence-electron chi connectivity index (χ3n) is 6.43. The maximum atomic E-state index is 13.6. The third kappa shape index (κ3) is 4.87. The maximum absolute atomic E-state index is 13.6. The van der Waals surface area contributed by atoms with Crippen LogP contribution in [0.3, 0.4) is 0 Å². The van der Waals surface area contributed by atoms with Crippen LogP contribution in [0.2, 0.25) is 0 Å². The Hall–Kier alpha value is -3.13. The number of fused-ring (bicyclic) bond motifs is 1. The Morgan fingerprint density at radius 1 is 1.18 bits per heavy atom. The van der Waals surface area contributed by atoms with E-state index >= 15 is 0 Å². The van der Waals surface area contributed by atoms with Crippen molar-refractivity contribution in [1.82, 2.24) is 9.78 Å². The number of amides is 2. The molecule has 34 heavy (non-hydrogen) atoms. The van der Waals surface area contributed by atoms with E-state index in [1.165, 1.54) is 20.9 Å². The lowest BCUT2D eigenvalue weighted by molar-refractivity contribution is 0.101. The van der Waals surface area contributed by atoms with Gasteiger partial charge < -0.3 is 15.4 Å². The van der Waals surface area contributed by atoms with E-state index in [2.05, 4.69) is 36.5 Å². The molecular weight excluding hydrogens is 448 g/mol. The SMILES string of the molecule is CCOc1ccccc1NC(=O)c1c(NC(=O)c2ccnn2C)sc2c1CCC(C(C)(C)C)C2. The molecule has 0 saturated heterocycles. The highest BCUT2D eigenvalue weighted by molar-refractivity contribution is 7.17. The zero-order chi connectivity index (χ0) is 24.5. The van der Waals surface area contributed by atoms with Crippen molar-refractivity contribution in [2.75, 3.05) is 17.2 Å². The molecule has 1 atom stereocenters. The van der Waals surface area contributed by atoms with E-state index in [-0.39, 0.29) is 17.2 Å². The van der Waals surface area contributed by atoms with Gasteiger partial charge in [-0.25, -0.2) is 0 Å². The Balaban J connectivity index is 1.70. The van der Waals surface area contributed by atoms with E-state index < -0.39 is 0 Å². The molecule has 2 amide bonds. The summed E-state index contributed by atoms with van der Waals surface area (Å²) in [5.41, 5.74) is 2.82. The molecule has 180 valence electrons. The van der Waals surface area contributed by atoms with Gasteiger partial charge in [0, 0.05) is 18.1 Å². The molecule has 7 nitrogen and oxygen atoms in total. The smallest absolute Gasteiger partial charge is 0.274 e. The highest BCUT2D eigenvalue weighted by Crippen LogP contribution is 2.44. The molecule has 0 aliphatic heterocycles. The molecule has 1 unspecified atom stereocenters. The predicted octanol–water partition coefficient (Wildman–Crippen LogP) is 5.54. The molecule has 8 heteroatoms. The van der Waals surface area contributed by atoms with Crippen molar-refractivity contribution in [3.05, 3.63) is 58.2 Å². The average molecular weight is 481 g/mol. The minimum absolute atomic E-state index is 0.179. The van der Waals surface area contributed by atoms with Crippen molar-refractivity contribution >= 4 is 33.8 Å². The predicted molar refractivity (Wildman–Crippen MR) is 136 cm³/mol. The molecule has 3 aromatic rings. The van der Waals surface area contributed by atoms with Gasteiger partial charge in [-0.3, -0.25) is 14.3 Å². The number of nitrogens with one attached hydrogen (secondary N) is 2. The van der Waals surface area contributed by atoms with Crippen LogP contribution in [0, 0.1) is 11.3 Å². The van der Waals surface area contributed by atoms with Gasteiger partial charge in [0.15, 0.2) is 0 Å². The number of carbonyl (C=O) groups excluding carboxylic acids is 2. The second-order valence-corrected chi connectivity index (χ2v) is 10.8. The Labute approximate surface area is 204 Å². The van der Waals surface area contributed by atoms with Crippen molar-refractivity contribution in [2.24, 2.45) is 18.4 Å². The van der Waals surface area contributed by atoms with Gasteiger partial charge in [-0.1, -0.05) is 32.9 Å². The second-order valence-electron chi connectivity index (χ2n) is 9.69. The van der Waals surface area contributed by atoms with E-state index in [4.69, 9.17) is 4.74 Å². The van der Waals surface area contributed by atoms with Gasteiger partial charge in [0.2, 0.25) is 0 Å². The van der Waals surface area contributed by atoms with Gasteiger partial charge in [0.25, 0.3) is 11.8 Å². The quantitative estimate of drug-likeness (QED) is 0.485. The normalized spacial score (nSPS) is 15.5. The third-order valence-corrected chi connectivity index (χ3v) is 7.60. The van der Waals surface area contributed by atoms with Crippen LogP contribution in [0.25, 0.3) is 0 Å². The molecule has 4 rings (SSSR count). The van der Waals surface area contributed by atoms with Crippen molar-refractivity contribution in [3.63, 3.8) is 0 Å². The number of aromatic nitrogens is 2. The fourth-order valence-corrected chi connectivity index (χ4v) is 5.77. The number of anilines is 2. The number of carbonyl (C=O) groups is 2. The number of para-hydroxylation sites is 2. The van der Waals surface area contributed by atoms with Crippen molar-refractivity contribution in [3.8, 4) is 5.75 Å². The van der Waals surface area contributed by atoms with E-state index in [1.807, 2.05) is 31.2 Å².